The van der Waals surface area contributed by atoms with Gasteiger partial charge in [0, 0.05) is 17.3 Å². The van der Waals surface area contributed by atoms with Crippen molar-refractivity contribution in [2.24, 2.45) is 0 Å². The summed E-state index contributed by atoms with van der Waals surface area (Å²) in [7, 11) is 0. The number of nitrogens with two attached hydrogens (primary N) is 2. The Labute approximate surface area is 117 Å². The van der Waals surface area contributed by atoms with Crippen molar-refractivity contribution in [1.82, 2.24) is 15.0 Å². The molecule has 0 aliphatic rings. The molecule has 0 amide bonds. The van der Waals surface area contributed by atoms with E-state index in [0.29, 0.717) is 5.82 Å². The molecule has 0 unspecified atom stereocenters. The standard InChI is InChI=1S/C15H17N5/c1-2-3-11-13(14(16)20-15(17)19-11)10-5-4-9-6-7-18-12(9)8-10/h4-8,18H,2-3H2,1H3,(H4,16,17,19,20). The van der Waals surface area contributed by atoms with Crippen LogP contribution in [0, 0.1) is 0 Å². The molecule has 0 atom stereocenters. The van der Waals surface area contributed by atoms with Crippen LogP contribution in [0.2, 0.25) is 0 Å². The van der Waals surface area contributed by atoms with Gasteiger partial charge in [-0.15, -0.1) is 0 Å². The molecule has 0 spiro atoms. The summed E-state index contributed by atoms with van der Waals surface area (Å²) in [4.78, 5) is 11.6. The van der Waals surface area contributed by atoms with Crippen molar-refractivity contribution in [3.05, 3.63) is 36.2 Å². The zero-order valence-corrected chi connectivity index (χ0v) is 11.4. The number of aromatic amines is 1. The lowest BCUT2D eigenvalue weighted by Crippen LogP contribution is -2.06. The summed E-state index contributed by atoms with van der Waals surface area (Å²) in [5.74, 6) is 0.669. The van der Waals surface area contributed by atoms with Gasteiger partial charge < -0.3 is 16.5 Å². The minimum absolute atomic E-state index is 0.232. The molecule has 5 heteroatoms. The monoisotopic (exact) mass is 267 g/mol. The summed E-state index contributed by atoms with van der Waals surface area (Å²) in [6.07, 6.45) is 3.73. The average molecular weight is 267 g/mol. The fourth-order valence-electron chi connectivity index (χ4n) is 2.48. The van der Waals surface area contributed by atoms with E-state index in [4.69, 9.17) is 11.5 Å². The Morgan fingerprint density at radius 2 is 2.00 bits per heavy atom. The Balaban J connectivity index is 2.21. The molecule has 0 aliphatic heterocycles. The number of aryl methyl sites for hydroxylation is 1. The number of nitrogen functional groups attached to an aromatic ring is 2. The summed E-state index contributed by atoms with van der Waals surface area (Å²) in [6.45, 7) is 2.10. The predicted molar refractivity (Wildman–Crippen MR) is 82.1 cm³/mol. The summed E-state index contributed by atoms with van der Waals surface area (Å²) in [5.41, 5.74) is 15.6. The lowest BCUT2D eigenvalue weighted by molar-refractivity contribution is 0.880. The normalized spacial score (nSPS) is 11.1. The number of nitrogens with one attached hydrogen (secondary N) is 1. The van der Waals surface area contributed by atoms with Gasteiger partial charge >= 0.3 is 0 Å². The summed E-state index contributed by atoms with van der Waals surface area (Å²) in [5, 5.41) is 1.17. The first-order valence-corrected chi connectivity index (χ1v) is 6.68. The van der Waals surface area contributed by atoms with Crippen LogP contribution in [0.5, 0.6) is 0 Å². The number of benzene rings is 1. The third kappa shape index (κ3) is 2.07. The second-order valence-corrected chi connectivity index (χ2v) is 4.82. The van der Waals surface area contributed by atoms with E-state index in [0.717, 1.165) is 35.2 Å². The topological polar surface area (TPSA) is 93.6 Å². The maximum atomic E-state index is 6.06. The fourth-order valence-corrected chi connectivity index (χ4v) is 2.48. The zero-order valence-electron chi connectivity index (χ0n) is 11.4. The van der Waals surface area contributed by atoms with Crippen LogP contribution in [-0.4, -0.2) is 15.0 Å². The quantitative estimate of drug-likeness (QED) is 0.680. The van der Waals surface area contributed by atoms with Crippen molar-refractivity contribution in [2.75, 3.05) is 11.5 Å². The molecule has 1 aromatic carbocycles. The molecule has 0 bridgehead atoms. The van der Waals surface area contributed by atoms with Crippen molar-refractivity contribution >= 4 is 22.7 Å². The molecule has 3 rings (SSSR count). The van der Waals surface area contributed by atoms with E-state index in [1.165, 1.54) is 5.39 Å². The van der Waals surface area contributed by atoms with E-state index in [9.17, 15) is 0 Å². The van der Waals surface area contributed by atoms with Crippen molar-refractivity contribution in [1.29, 1.82) is 0 Å². The summed E-state index contributed by atoms with van der Waals surface area (Å²) >= 11 is 0. The SMILES string of the molecule is CCCc1nc(N)nc(N)c1-c1ccc2cc[nH]c2c1. The van der Waals surface area contributed by atoms with Crippen LogP contribution in [-0.2, 0) is 6.42 Å². The first-order valence-electron chi connectivity index (χ1n) is 6.68. The van der Waals surface area contributed by atoms with E-state index in [2.05, 4.69) is 34.0 Å². The van der Waals surface area contributed by atoms with Crippen LogP contribution in [0.3, 0.4) is 0 Å². The molecule has 0 aliphatic carbocycles. The molecule has 0 saturated heterocycles. The van der Waals surface area contributed by atoms with Crippen molar-refractivity contribution < 1.29 is 0 Å². The molecule has 2 heterocycles. The van der Waals surface area contributed by atoms with Gasteiger partial charge in [0.2, 0.25) is 5.95 Å². The molecule has 5 N–H and O–H groups in total. The van der Waals surface area contributed by atoms with E-state index in [1.807, 2.05) is 18.3 Å². The summed E-state index contributed by atoms with van der Waals surface area (Å²) < 4.78 is 0. The van der Waals surface area contributed by atoms with Gasteiger partial charge in [-0.05, 0) is 29.5 Å². The van der Waals surface area contributed by atoms with E-state index in [-0.39, 0.29) is 5.95 Å². The number of hydrogen-bond donors (Lipinski definition) is 3. The first kappa shape index (κ1) is 12.5. The minimum Gasteiger partial charge on any atom is -0.383 e. The maximum absolute atomic E-state index is 6.06. The van der Waals surface area contributed by atoms with E-state index in [1.54, 1.807) is 0 Å². The summed E-state index contributed by atoms with van der Waals surface area (Å²) in [6, 6.07) is 8.21. The number of rotatable bonds is 3. The smallest absolute Gasteiger partial charge is 0.222 e. The van der Waals surface area contributed by atoms with Gasteiger partial charge in [-0.1, -0.05) is 25.5 Å². The van der Waals surface area contributed by atoms with Gasteiger partial charge in [-0.3, -0.25) is 0 Å². The highest BCUT2D eigenvalue weighted by Gasteiger charge is 2.13. The molecule has 0 fully saturated rings. The minimum atomic E-state index is 0.232. The number of fused-ring (bicyclic) bond motifs is 1. The zero-order chi connectivity index (χ0) is 14.1. The highest BCUT2D eigenvalue weighted by Crippen LogP contribution is 2.31. The lowest BCUT2D eigenvalue weighted by atomic mass is 10.0. The van der Waals surface area contributed by atoms with Crippen molar-refractivity contribution in [3.63, 3.8) is 0 Å². The number of hydrogen-bond acceptors (Lipinski definition) is 4. The van der Waals surface area contributed by atoms with Crippen LogP contribution in [0.25, 0.3) is 22.0 Å². The van der Waals surface area contributed by atoms with E-state index < -0.39 is 0 Å². The molecule has 2 aromatic heterocycles. The molecule has 5 nitrogen and oxygen atoms in total. The second kappa shape index (κ2) is 4.85. The Bertz CT molecular complexity index is 760. The van der Waals surface area contributed by atoms with Crippen LogP contribution in [0.1, 0.15) is 19.0 Å². The Hall–Kier alpha value is -2.56. The number of nitrogens with zero attached hydrogens (tertiary/aromatic N) is 2. The molecule has 3 aromatic rings. The largest absolute Gasteiger partial charge is 0.383 e. The van der Waals surface area contributed by atoms with Gasteiger partial charge in [-0.2, -0.15) is 4.98 Å². The Morgan fingerprint density at radius 3 is 2.80 bits per heavy atom. The second-order valence-electron chi connectivity index (χ2n) is 4.82. The van der Waals surface area contributed by atoms with Gasteiger partial charge in [0.05, 0.1) is 5.69 Å². The van der Waals surface area contributed by atoms with Crippen LogP contribution >= 0.6 is 0 Å². The number of aromatic nitrogens is 3. The third-order valence-electron chi connectivity index (χ3n) is 3.36. The van der Waals surface area contributed by atoms with Gasteiger partial charge in [0.15, 0.2) is 0 Å². The molecule has 20 heavy (non-hydrogen) atoms. The third-order valence-corrected chi connectivity index (χ3v) is 3.36. The highest BCUT2D eigenvalue weighted by molar-refractivity contribution is 5.87. The first-order chi connectivity index (χ1) is 9.69. The van der Waals surface area contributed by atoms with Crippen LogP contribution in [0.4, 0.5) is 11.8 Å². The molecule has 102 valence electrons. The average Bonchev–Trinajstić information content (AvgIpc) is 2.85. The number of anilines is 2. The van der Waals surface area contributed by atoms with E-state index >= 15 is 0 Å². The predicted octanol–water partition coefficient (Wildman–Crippen LogP) is 2.74. The highest BCUT2D eigenvalue weighted by atomic mass is 15.0. The fraction of sp³-hybridized carbons (Fsp3) is 0.200. The van der Waals surface area contributed by atoms with Crippen LogP contribution in [0.15, 0.2) is 30.5 Å². The molecular weight excluding hydrogens is 250 g/mol. The molecular formula is C15H17N5. The van der Waals surface area contributed by atoms with Gasteiger partial charge in [-0.25, -0.2) is 4.98 Å². The van der Waals surface area contributed by atoms with Crippen LogP contribution < -0.4 is 11.5 Å². The van der Waals surface area contributed by atoms with Crippen molar-refractivity contribution in [2.45, 2.75) is 19.8 Å². The molecule has 0 radical (unpaired) electrons. The Morgan fingerprint density at radius 1 is 1.15 bits per heavy atom. The lowest BCUT2D eigenvalue weighted by Gasteiger charge is -2.11. The number of H-pyrrole nitrogens is 1. The molecule has 0 saturated carbocycles. The maximum Gasteiger partial charge on any atom is 0.222 e. The van der Waals surface area contributed by atoms with Gasteiger partial charge in [0.25, 0.3) is 0 Å². The van der Waals surface area contributed by atoms with Crippen molar-refractivity contribution in [3.8, 4) is 11.1 Å². The van der Waals surface area contributed by atoms with Gasteiger partial charge in [0.1, 0.15) is 5.82 Å². The Kier molecular flexibility index (Phi) is 3.02.